The lowest BCUT2D eigenvalue weighted by Crippen LogP contribution is -2.31. The van der Waals surface area contributed by atoms with E-state index in [4.69, 9.17) is 19.1 Å². The topological polar surface area (TPSA) is 74.3 Å². The van der Waals surface area contributed by atoms with Gasteiger partial charge in [-0.25, -0.2) is 9.59 Å². The smallest absolute Gasteiger partial charge is 0.333 e. The number of ether oxygens (including phenoxy) is 2. The minimum atomic E-state index is -0.528. The maximum absolute atomic E-state index is 12.0. The van der Waals surface area contributed by atoms with Crippen LogP contribution in [-0.4, -0.2) is 37.9 Å². The minimum Gasteiger partial charge on any atom is -0.497 e. The van der Waals surface area contributed by atoms with E-state index in [1.54, 1.807) is 69.7 Å². The minimum absolute atomic E-state index is 0.0521. The Labute approximate surface area is 158 Å². The maximum atomic E-state index is 12.0. The molecule has 0 aliphatic carbocycles. The largest absolute Gasteiger partial charge is 0.497 e. The van der Waals surface area contributed by atoms with Gasteiger partial charge in [-0.15, -0.1) is 0 Å². The molecule has 144 valence electrons. The molecule has 0 aliphatic heterocycles. The van der Waals surface area contributed by atoms with Gasteiger partial charge >= 0.3 is 11.9 Å². The molecule has 0 aliphatic rings. The number of hydrogen-bond acceptors (Lipinski definition) is 7. The molecule has 0 spiro atoms. The Bertz CT molecular complexity index is 679. The predicted molar refractivity (Wildman–Crippen MR) is 98.0 cm³/mol. The number of nitrogens with zero attached hydrogens (tertiary/aromatic N) is 1. The summed E-state index contributed by atoms with van der Waals surface area (Å²) < 4.78 is 10.1. The summed E-state index contributed by atoms with van der Waals surface area (Å²) in [6.45, 7) is 1.92. The highest BCUT2D eigenvalue weighted by Gasteiger charge is 2.16. The summed E-state index contributed by atoms with van der Waals surface area (Å²) in [5.74, 6) is 0.350. The quantitative estimate of drug-likeness (QED) is 0.626. The van der Waals surface area contributed by atoms with Crippen LogP contribution in [0.4, 0.5) is 0 Å². The lowest BCUT2D eigenvalue weighted by molar-refractivity contribution is -0.322. The average Bonchev–Trinajstić information content (AvgIpc) is 2.68. The molecule has 0 heterocycles. The second-order valence-corrected chi connectivity index (χ2v) is 5.63. The van der Waals surface area contributed by atoms with Crippen molar-refractivity contribution in [3.63, 3.8) is 0 Å². The van der Waals surface area contributed by atoms with Crippen LogP contribution in [0.3, 0.4) is 0 Å². The maximum Gasteiger partial charge on any atom is 0.333 e. The molecule has 0 N–H and O–H groups in total. The molecule has 0 atom stereocenters. The van der Waals surface area contributed by atoms with Crippen molar-refractivity contribution >= 4 is 11.9 Å². The summed E-state index contributed by atoms with van der Waals surface area (Å²) in [4.78, 5) is 34.3. The summed E-state index contributed by atoms with van der Waals surface area (Å²) in [7, 11) is 3.14. The van der Waals surface area contributed by atoms with Gasteiger partial charge in [-0.05, 0) is 42.3 Å². The van der Waals surface area contributed by atoms with Crippen molar-refractivity contribution in [2.75, 3.05) is 20.8 Å². The van der Waals surface area contributed by atoms with Gasteiger partial charge in [0.15, 0.2) is 0 Å². The van der Waals surface area contributed by atoms with E-state index in [0.29, 0.717) is 11.5 Å². The second-order valence-electron chi connectivity index (χ2n) is 5.63. The Morgan fingerprint density at radius 2 is 1.11 bits per heavy atom. The van der Waals surface area contributed by atoms with Crippen molar-refractivity contribution in [3.05, 3.63) is 59.7 Å². The molecular weight excluding hydrogens is 350 g/mol. The van der Waals surface area contributed by atoms with E-state index in [9.17, 15) is 9.59 Å². The van der Waals surface area contributed by atoms with Crippen molar-refractivity contribution in [3.8, 4) is 11.5 Å². The number of benzene rings is 2. The fourth-order valence-corrected chi connectivity index (χ4v) is 2.26. The molecule has 2 rings (SSSR count). The van der Waals surface area contributed by atoms with E-state index in [0.717, 1.165) is 16.4 Å². The Balaban J connectivity index is 1.83. The first-order valence-electron chi connectivity index (χ1n) is 8.49. The average molecular weight is 373 g/mol. The van der Waals surface area contributed by atoms with Crippen LogP contribution in [-0.2, 0) is 32.1 Å². The molecule has 2 aromatic rings. The number of carbonyl (C=O) groups excluding carboxylic acids is 2. The van der Waals surface area contributed by atoms with Gasteiger partial charge in [0.1, 0.15) is 11.5 Å². The molecule has 7 nitrogen and oxygen atoms in total. The molecule has 0 amide bonds. The highest BCUT2D eigenvalue weighted by atomic mass is 17.0. The zero-order chi connectivity index (χ0) is 19.6. The zero-order valence-electron chi connectivity index (χ0n) is 15.6. The highest BCUT2D eigenvalue weighted by molar-refractivity contribution is 5.73. The molecule has 2 aromatic carbocycles. The third kappa shape index (κ3) is 6.63. The number of hydroxylamine groups is 2. The summed E-state index contributed by atoms with van der Waals surface area (Å²) in [5, 5.41) is 0.887. The van der Waals surface area contributed by atoms with E-state index >= 15 is 0 Å². The molecule has 0 unspecified atom stereocenters. The van der Waals surface area contributed by atoms with Gasteiger partial charge in [0.05, 0.1) is 33.6 Å². The van der Waals surface area contributed by atoms with Gasteiger partial charge in [-0.1, -0.05) is 24.3 Å². The fourth-order valence-electron chi connectivity index (χ4n) is 2.26. The Hall–Kier alpha value is -3.06. The number of methoxy groups -OCH3 is 2. The molecule has 27 heavy (non-hydrogen) atoms. The first-order valence-corrected chi connectivity index (χ1v) is 8.49. The zero-order valence-corrected chi connectivity index (χ0v) is 15.6. The standard InChI is InChI=1S/C20H23NO6/c1-4-21(26-19(22)13-15-5-9-17(24-2)10-6-15)27-20(23)14-16-7-11-18(25-3)12-8-16/h5-12H,4,13-14H2,1-3H3. The highest BCUT2D eigenvalue weighted by Crippen LogP contribution is 2.13. The SMILES string of the molecule is CCN(OC(=O)Cc1ccc(OC)cc1)OC(=O)Cc1ccc(OC)cc1. The normalized spacial score (nSPS) is 10.4. The van der Waals surface area contributed by atoms with Gasteiger partial charge in [-0.2, -0.15) is 0 Å². The number of rotatable bonds is 9. The van der Waals surface area contributed by atoms with Crippen LogP contribution in [0.5, 0.6) is 11.5 Å². The van der Waals surface area contributed by atoms with E-state index in [-0.39, 0.29) is 19.4 Å². The molecule has 7 heteroatoms. The molecule has 0 bridgehead atoms. The van der Waals surface area contributed by atoms with E-state index in [2.05, 4.69) is 0 Å². The van der Waals surface area contributed by atoms with Crippen molar-refractivity contribution < 1.29 is 28.7 Å². The van der Waals surface area contributed by atoms with Crippen LogP contribution in [0.25, 0.3) is 0 Å². The van der Waals surface area contributed by atoms with Gasteiger partial charge in [0, 0.05) is 5.23 Å². The summed E-state index contributed by atoms with van der Waals surface area (Å²) >= 11 is 0. The summed E-state index contributed by atoms with van der Waals surface area (Å²) in [6, 6.07) is 14.1. The van der Waals surface area contributed by atoms with Gasteiger partial charge in [0.25, 0.3) is 0 Å². The van der Waals surface area contributed by atoms with Crippen molar-refractivity contribution in [2.45, 2.75) is 19.8 Å². The molecular formula is C20H23NO6. The van der Waals surface area contributed by atoms with Gasteiger partial charge < -0.3 is 19.1 Å². The molecule has 0 saturated heterocycles. The first-order chi connectivity index (χ1) is 13.0. The first kappa shape index (κ1) is 20.3. The Morgan fingerprint density at radius 3 is 1.41 bits per heavy atom. The number of hydrogen-bond donors (Lipinski definition) is 0. The van der Waals surface area contributed by atoms with Crippen LogP contribution >= 0.6 is 0 Å². The van der Waals surface area contributed by atoms with E-state index in [1.165, 1.54) is 0 Å². The monoisotopic (exact) mass is 373 g/mol. The van der Waals surface area contributed by atoms with Crippen LogP contribution in [0.2, 0.25) is 0 Å². The van der Waals surface area contributed by atoms with Crippen LogP contribution in [0, 0.1) is 0 Å². The van der Waals surface area contributed by atoms with Crippen LogP contribution in [0.1, 0.15) is 18.1 Å². The van der Waals surface area contributed by atoms with Crippen LogP contribution in [0.15, 0.2) is 48.5 Å². The van der Waals surface area contributed by atoms with Gasteiger partial charge in [-0.3, -0.25) is 0 Å². The molecule has 0 aromatic heterocycles. The lowest BCUT2D eigenvalue weighted by atomic mass is 10.1. The lowest BCUT2D eigenvalue weighted by Gasteiger charge is -2.18. The van der Waals surface area contributed by atoms with Crippen molar-refractivity contribution in [2.24, 2.45) is 0 Å². The third-order valence-electron chi connectivity index (χ3n) is 3.68. The molecule has 0 fully saturated rings. The third-order valence-corrected chi connectivity index (χ3v) is 3.68. The van der Waals surface area contributed by atoms with E-state index < -0.39 is 11.9 Å². The van der Waals surface area contributed by atoms with Crippen molar-refractivity contribution in [1.29, 1.82) is 0 Å². The van der Waals surface area contributed by atoms with Crippen LogP contribution < -0.4 is 9.47 Å². The second kappa shape index (κ2) is 10.2. The molecule has 0 radical (unpaired) electrons. The van der Waals surface area contributed by atoms with Gasteiger partial charge in [0.2, 0.25) is 0 Å². The fraction of sp³-hybridized carbons (Fsp3) is 0.300. The number of carbonyl (C=O) groups is 2. The van der Waals surface area contributed by atoms with E-state index in [1.807, 2.05) is 0 Å². The van der Waals surface area contributed by atoms with Crippen molar-refractivity contribution in [1.82, 2.24) is 5.23 Å². The Kier molecular flexibility index (Phi) is 7.63. The Morgan fingerprint density at radius 1 is 0.741 bits per heavy atom. The predicted octanol–water partition coefficient (Wildman–Crippen LogP) is 2.73. The molecule has 0 saturated carbocycles. The summed E-state index contributed by atoms with van der Waals surface area (Å²) in [5.41, 5.74) is 1.53. The summed E-state index contributed by atoms with van der Waals surface area (Å²) in [6.07, 6.45) is 0.104.